The third-order valence-corrected chi connectivity index (χ3v) is 11.8. The van der Waals surface area contributed by atoms with Gasteiger partial charge in [0.2, 0.25) is 0 Å². The molecular formula is C46H56IrNO2S-. The minimum absolute atomic E-state index is 0. The molecule has 5 heteroatoms. The molecule has 0 aliphatic carbocycles. The summed E-state index contributed by atoms with van der Waals surface area (Å²) in [5.41, 5.74) is 5.11. The molecule has 0 spiro atoms. The van der Waals surface area contributed by atoms with E-state index in [-0.39, 0.29) is 48.4 Å². The van der Waals surface area contributed by atoms with Crippen molar-refractivity contribution < 1.29 is 30.0 Å². The van der Waals surface area contributed by atoms with Crippen molar-refractivity contribution in [3.05, 3.63) is 89.8 Å². The van der Waals surface area contributed by atoms with Crippen molar-refractivity contribution in [3.8, 4) is 11.3 Å². The standard InChI is InChI=1S/C32H30NS.C14H26O2.Ir/c1-19(2)15-26-22-11-7-6-9-20(22)16-27-30-29-24(13-14-33-30)23-12-8-10-21(18-32(3,4)5)25(23)17-28(29)34-31(26)27;1-6-11(7-2)12(15)10-13(16)14(5,8-3)9-4;/h6-14,17,19H,15,18H2,1-5H3;10-11,16H,6-9H2,1-5H3;/q-1;;/b;13-10-;. The van der Waals surface area contributed by atoms with E-state index in [0.29, 0.717) is 5.92 Å². The van der Waals surface area contributed by atoms with Crippen LogP contribution in [0.5, 0.6) is 0 Å². The average Bonchev–Trinajstić information content (AvgIpc) is 3.08. The molecule has 1 aliphatic heterocycles. The van der Waals surface area contributed by atoms with Crippen LogP contribution >= 0.6 is 11.8 Å². The first kappa shape index (κ1) is 40.8. The van der Waals surface area contributed by atoms with Crippen LogP contribution in [0.15, 0.2) is 82.4 Å². The average molecular weight is 879 g/mol. The van der Waals surface area contributed by atoms with Crippen molar-refractivity contribution in [3.63, 3.8) is 0 Å². The van der Waals surface area contributed by atoms with E-state index in [2.05, 4.69) is 95.3 Å². The van der Waals surface area contributed by atoms with Gasteiger partial charge in [-0.3, -0.25) is 9.78 Å². The van der Waals surface area contributed by atoms with E-state index in [1.54, 1.807) is 0 Å². The summed E-state index contributed by atoms with van der Waals surface area (Å²) in [7, 11) is 0. The summed E-state index contributed by atoms with van der Waals surface area (Å²) in [6, 6.07) is 23.9. The van der Waals surface area contributed by atoms with Gasteiger partial charge in [0.15, 0.2) is 5.78 Å². The molecule has 6 rings (SSSR count). The number of pyridine rings is 1. The molecule has 0 bridgehead atoms. The number of hydrogen-bond acceptors (Lipinski definition) is 4. The van der Waals surface area contributed by atoms with E-state index >= 15 is 0 Å². The maximum absolute atomic E-state index is 11.9. The molecule has 2 heterocycles. The van der Waals surface area contributed by atoms with Gasteiger partial charge in [0.25, 0.3) is 0 Å². The van der Waals surface area contributed by atoms with Crippen molar-refractivity contribution >= 4 is 49.9 Å². The van der Waals surface area contributed by atoms with Crippen molar-refractivity contribution in [2.75, 3.05) is 0 Å². The molecule has 0 saturated heterocycles. The Morgan fingerprint density at radius 3 is 2.20 bits per heavy atom. The predicted molar refractivity (Wildman–Crippen MR) is 215 cm³/mol. The first-order valence-corrected chi connectivity index (χ1v) is 19.5. The number of carbonyl (C=O) groups is 1. The molecule has 5 aromatic rings. The van der Waals surface area contributed by atoms with Gasteiger partial charge in [-0.25, -0.2) is 0 Å². The van der Waals surface area contributed by atoms with Gasteiger partial charge in [-0.2, -0.15) is 0 Å². The molecular weight excluding hydrogens is 823 g/mol. The van der Waals surface area contributed by atoms with Crippen molar-refractivity contribution in [2.45, 2.75) is 118 Å². The number of aliphatic hydroxyl groups excluding tert-OH is 1. The van der Waals surface area contributed by atoms with Gasteiger partial charge >= 0.3 is 0 Å². The Balaban J connectivity index is 0.000000294. The van der Waals surface area contributed by atoms with Gasteiger partial charge in [0.05, 0.1) is 0 Å². The Hall–Kier alpha value is -2.98. The van der Waals surface area contributed by atoms with E-state index in [4.69, 9.17) is 4.98 Å². The van der Waals surface area contributed by atoms with Gasteiger partial charge in [0, 0.05) is 54.3 Å². The minimum Gasteiger partial charge on any atom is -0.512 e. The molecule has 0 fully saturated rings. The van der Waals surface area contributed by atoms with Crippen LogP contribution in [-0.4, -0.2) is 15.9 Å². The number of allylic oxidation sites excluding steroid dienone is 2. The summed E-state index contributed by atoms with van der Waals surface area (Å²) in [6.45, 7) is 21.7. The summed E-state index contributed by atoms with van der Waals surface area (Å²) in [4.78, 5) is 19.5. The molecule has 0 unspecified atom stereocenters. The van der Waals surface area contributed by atoms with E-state index < -0.39 is 0 Å². The van der Waals surface area contributed by atoms with Crippen LogP contribution in [0.25, 0.3) is 43.6 Å². The number of aromatic nitrogens is 1. The SMILES string of the molecule is CC(C)Cc1c2c([c-]c3ccccc13)-c1nccc3c1c(cc1c(CC(C)(C)C)cccc13)S2.CCC(CC)C(=O)/C=C(\O)C(C)(CC)CC.[Ir]. The maximum atomic E-state index is 11.9. The van der Waals surface area contributed by atoms with E-state index in [1.807, 2.05) is 52.6 Å². The third-order valence-electron chi connectivity index (χ3n) is 10.6. The van der Waals surface area contributed by atoms with Gasteiger partial charge in [-0.15, -0.1) is 29.3 Å². The smallest absolute Gasteiger partial charge is 0.162 e. The normalized spacial score (nSPS) is 13.0. The van der Waals surface area contributed by atoms with Crippen LogP contribution in [0.4, 0.5) is 0 Å². The molecule has 1 aromatic heterocycles. The molecule has 3 nitrogen and oxygen atoms in total. The minimum atomic E-state index is -0.248. The second-order valence-electron chi connectivity index (χ2n) is 16.0. The maximum Gasteiger partial charge on any atom is 0.162 e. The van der Waals surface area contributed by atoms with Crippen molar-refractivity contribution in [1.29, 1.82) is 0 Å². The number of benzene rings is 4. The Kier molecular flexibility index (Phi) is 13.4. The Morgan fingerprint density at radius 1 is 0.902 bits per heavy atom. The summed E-state index contributed by atoms with van der Waals surface area (Å²) in [5.74, 6) is 0.945. The number of rotatable bonds is 10. The topological polar surface area (TPSA) is 50.2 Å². The Labute approximate surface area is 324 Å². The second-order valence-corrected chi connectivity index (χ2v) is 17.0. The molecule has 0 atom stereocenters. The molecule has 0 saturated carbocycles. The van der Waals surface area contributed by atoms with E-state index in [1.165, 1.54) is 64.9 Å². The van der Waals surface area contributed by atoms with Crippen LogP contribution in [-0.2, 0) is 37.7 Å². The van der Waals surface area contributed by atoms with Crippen LogP contribution in [0.3, 0.4) is 0 Å². The summed E-state index contributed by atoms with van der Waals surface area (Å²) in [6.07, 6.45) is 8.93. The summed E-state index contributed by atoms with van der Waals surface area (Å²) in [5, 5.41) is 17.8. The second kappa shape index (κ2) is 16.8. The number of fused-ring (bicyclic) bond motifs is 5. The van der Waals surface area contributed by atoms with Gasteiger partial charge in [-0.05, 0) is 94.0 Å². The van der Waals surface area contributed by atoms with Crippen LogP contribution < -0.4 is 0 Å². The van der Waals surface area contributed by atoms with Crippen molar-refractivity contribution in [1.82, 2.24) is 4.98 Å². The molecule has 1 aliphatic rings. The number of hydrogen-bond donors (Lipinski definition) is 1. The third kappa shape index (κ3) is 8.64. The predicted octanol–water partition coefficient (Wildman–Crippen LogP) is 13.5. The van der Waals surface area contributed by atoms with Gasteiger partial charge in [-0.1, -0.05) is 122 Å². The zero-order valence-corrected chi connectivity index (χ0v) is 35.5. The summed E-state index contributed by atoms with van der Waals surface area (Å²) >= 11 is 1.93. The van der Waals surface area contributed by atoms with Gasteiger partial charge < -0.3 is 5.11 Å². The van der Waals surface area contributed by atoms with Crippen LogP contribution in [0, 0.1) is 28.7 Å². The van der Waals surface area contributed by atoms with Crippen LogP contribution in [0.2, 0.25) is 0 Å². The number of nitrogens with zero attached hydrogens (tertiary/aromatic N) is 1. The fourth-order valence-corrected chi connectivity index (χ4v) is 8.47. The zero-order chi connectivity index (χ0) is 36.4. The first-order chi connectivity index (χ1) is 23.7. The summed E-state index contributed by atoms with van der Waals surface area (Å²) < 4.78 is 0. The molecule has 1 radical (unpaired) electrons. The Morgan fingerprint density at radius 2 is 1.57 bits per heavy atom. The van der Waals surface area contributed by atoms with E-state index in [9.17, 15) is 9.90 Å². The number of aliphatic hydroxyl groups is 1. The Bertz CT molecular complexity index is 2050. The quantitative estimate of drug-likeness (QED) is 0.0645. The van der Waals surface area contributed by atoms with E-state index in [0.717, 1.165) is 44.2 Å². The number of ketones is 1. The number of carbonyl (C=O) groups excluding carboxylic acids is 1. The van der Waals surface area contributed by atoms with Crippen LogP contribution in [0.1, 0.15) is 106 Å². The fraction of sp³-hybridized carbons (Fsp3) is 0.435. The van der Waals surface area contributed by atoms with Gasteiger partial charge in [0.1, 0.15) is 5.76 Å². The fourth-order valence-electron chi connectivity index (χ4n) is 7.20. The molecule has 51 heavy (non-hydrogen) atoms. The monoisotopic (exact) mass is 879 g/mol. The molecule has 1 N–H and O–H groups in total. The molecule has 273 valence electrons. The zero-order valence-electron chi connectivity index (χ0n) is 32.3. The molecule has 0 amide bonds. The largest absolute Gasteiger partial charge is 0.512 e. The van der Waals surface area contributed by atoms with Crippen molar-refractivity contribution in [2.24, 2.45) is 22.7 Å². The molecule has 4 aromatic carbocycles. The first-order valence-electron chi connectivity index (χ1n) is 18.7.